The molecule has 2 atom stereocenters. The highest BCUT2D eigenvalue weighted by Gasteiger charge is 2.38. The number of fused-ring (bicyclic) bond motifs is 1. The highest BCUT2D eigenvalue weighted by Crippen LogP contribution is 2.35. The summed E-state index contributed by atoms with van der Waals surface area (Å²) >= 11 is 3.61. The molecule has 1 saturated heterocycles. The minimum Gasteiger partial charge on any atom is -0.493 e. The van der Waals surface area contributed by atoms with E-state index in [1.807, 2.05) is 23.2 Å². The monoisotopic (exact) mass is 409 g/mol. The molecule has 8 heteroatoms. The number of benzene rings is 1. The number of hydrazine groups is 1. The van der Waals surface area contributed by atoms with Gasteiger partial charge >= 0.3 is 5.97 Å². The van der Waals surface area contributed by atoms with Crippen LogP contribution in [-0.2, 0) is 9.53 Å². The van der Waals surface area contributed by atoms with E-state index < -0.39 is 5.97 Å². The third kappa shape index (κ3) is 3.36. The van der Waals surface area contributed by atoms with Gasteiger partial charge in [-0.1, -0.05) is 15.9 Å². The average Bonchev–Trinajstić information content (AvgIpc) is 3.01. The molecule has 1 aromatic carbocycles. The lowest BCUT2D eigenvalue weighted by molar-refractivity contribution is -0.135. The summed E-state index contributed by atoms with van der Waals surface area (Å²) < 4.78 is 15.8. The SMILES string of the molecule is CCOC(=O)C1=NC2C(Br)CNN2C(c2ccc(OC)c(OC)c2)=C1. The molecule has 0 amide bonds. The lowest BCUT2D eigenvalue weighted by atomic mass is 10.1. The molecular formula is C17H20BrN3O4. The summed E-state index contributed by atoms with van der Waals surface area (Å²) in [5, 5.41) is 1.95. The molecule has 25 heavy (non-hydrogen) atoms. The lowest BCUT2D eigenvalue weighted by Gasteiger charge is -2.31. The number of methoxy groups -OCH3 is 2. The van der Waals surface area contributed by atoms with Crippen molar-refractivity contribution in [1.82, 2.24) is 10.4 Å². The van der Waals surface area contributed by atoms with Gasteiger partial charge in [0.2, 0.25) is 0 Å². The Balaban J connectivity index is 2.03. The first kappa shape index (κ1) is 17.8. The Bertz CT molecular complexity index is 735. The van der Waals surface area contributed by atoms with E-state index in [2.05, 4.69) is 26.3 Å². The van der Waals surface area contributed by atoms with Gasteiger partial charge in [0, 0.05) is 12.1 Å². The van der Waals surface area contributed by atoms with E-state index in [1.54, 1.807) is 27.2 Å². The molecule has 1 N–H and O–H groups in total. The summed E-state index contributed by atoms with van der Waals surface area (Å²) in [5.41, 5.74) is 5.32. The molecule has 0 saturated carbocycles. The van der Waals surface area contributed by atoms with Gasteiger partial charge in [-0.3, -0.25) is 10.0 Å². The zero-order chi connectivity index (χ0) is 18.0. The second-order valence-corrected chi connectivity index (χ2v) is 6.67. The highest BCUT2D eigenvalue weighted by atomic mass is 79.9. The molecule has 0 aliphatic carbocycles. The number of nitrogens with zero attached hydrogens (tertiary/aromatic N) is 2. The predicted molar refractivity (Wildman–Crippen MR) is 97.9 cm³/mol. The first-order chi connectivity index (χ1) is 12.1. The van der Waals surface area contributed by atoms with Gasteiger partial charge < -0.3 is 14.2 Å². The van der Waals surface area contributed by atoms with Crippen molar-refractivity contribution in [3.63, 3.8) is 0 Å². The zero-order valence-electron chi connectivity index (χ0n) is 14.3. The molecule has 0 spiro atoms. The van der Waals surface area contributed by atoms with E-state index in [9.17, 15) is 4.79 Å². The molecule has 3 rings (SSSR count). The fraction of sp³-hybridized carbons (Fsp3) is 0.412. The first-order valence-corrected chi connectivity index (χ1v) is 8.86. The molecule has 0 radical (unpaired) electrons. The number of halogens is 1. The molecule has 2 unspecified atom stereocenters. The van der Waals surface area contributed by atoms with Crippen LogP contribution in [-0.4, -0.2) is 55.1 Å². The number of nitrogens with one attached hydrogen (secondary N) is 1. The van der Waals surface area contributed by atoms with Crippen molar-refractivity contribution in [3.8, 4) is 11.5 Å². The molecule has 0 bridgehead atoms. The minimum atomic E-state index is -0.424. The van der Waals surface area contributed by atoms with Gasteiger partial charge in [0.05, 0.1) is 31.4 Å². The van der Waals surface area contributed by atoms with Gasteiger partial charge in [-0.05, 0) is 31.2 Å². The Morgan fingerprint density at radius 1 is 1.36 bits per heavy atom. The smallest absolute Gasteiger partial charge is 0.356 e. The Morgan fingerprint density at radius 2 is 2.12 bits per heavy atom. The second kappa shape index (κ2) is 7.45. The van der Waals surface area contributed by atoms with Crippen LogP contribution < -0.4 is 14.9 Å². The standard InChI is InChI=1S/C17H20BrN3O4/c1-4-25-17(22)12-8-13(21-16(20-12)11(18)9-19-21)10-5-6-14(23-2)15(7-10)24-3/h5-8,11,16,19H,4,9H2,1-3H3. The third-order valence-electron chi connectivity index (χ3n) is 4.01. The average molecular weight is 410 g/mol. The molecule has 2 heterocycles. The fourth-order valence-corrected chi connectivity index (χ4v) is 3.33. The van der Waals surface area contributed by atoms with Crippen LogP contribution in [0, 0.1) is 0 Å². The van der Waals surface area contributed by atoms with Gasteiger partial charge in [0.1, 0.15) is 11.9 Å². The molecular weight excluding hydrogens is 390 g/mol. The minimum absolute atomic E-state index is 0.0840. The number of rotatable bonds is 5. The number of aliphatic imine (C=N–C) groups is 1. The van der Waals surface area contributed by atoms with Crippen LogP contribution in [0.1, 0.15) is 12.5 Å². The molecule has 0 aromatic heterocycles. The van der Waals surface area contributed by atoms with E-state index in [4.69, 9.17) is 14.2 Å². The number of carbonyl (C=O) groups excluding carboxylic acids is 1. The van der Waals surface area contributed by atoms with E-state index in [-0.39, 0.29) is 11.0 Å². The number of esters is 1. The van der Waals surface area contributed by atoms with Crippen molar-refractivity contribution < 1.29 is 19.0 Å². The third-order valence-corrected chi connectivity index (χ3v) is 4.81. The quantitative estimate of drug-likeness (QED) is 0.591. The molecule has 7 nitrogen and oxygen atoms in total. The molecule has 1 aromatic rings. The summed E-state index contributed by atoms with van der Waals surface area (Å²) in [6.45, 7) is 2.79. The van der Waals surface area contributed by atoms with Crippen LogP contribution in [0.2, 0.25) is 0 Å². The summed E-state index contributed by atoms with van der Waals surface area (Å²) in [7, 11) is 3.18. The maximum Gasteiger partial charge on any atom is 0.356 e. The highest BCUT2D eigenvalue weighted by molar-refractivity contribution is 9.09. The van der Waals surface area contributed by atoms with Crippen LogP contribution in [0.25, 0.3) is 5.70 Å². The lowest BCUT2D eigenvalue weighted by Crippen LogP contribution is -2.40. The van der Waals surface area contributed by atoms with Gasteiger partial charge in [-0.25, -0.2) is 10.2 Å². The Morgan fingerprint density at radius 3 is 2.80 bits per heavy atom. The summed E-state index contributed by atoms with van der Waals surface area (Å²) in [4.78, 5) is 16.8. The topological polar surface area (TPSA) is 72.4 Å². The number of alkyl halides is 1. The van der Waals surface area contributed by atoms with Gasteiger partial charge in [0.25, 0.3) is 0 Å². The Labute approximate surface area is 154 Å². The molecule has 2 aliphatic rings. The summed E-state index contributed by atoms with van der Waals surface area (Å²) in [6.07, 6.45) is 1.50. The van der Waals surface area contributed by atoms with E-state index in [0.29, 0.717) is 30.4 Å². The maximum atomic E-state index is 12.2. The molecule has 134 valence electrons. The van der Waals surface area contributed by atoms with Crippen molar-refractivity contribution in [1.29, 1.82) is 0 Å². The zero-order valence-corrected chi connectivity index (χ0v) is 15.9. The van der Waals surface area contributed by atoms with E-state index >= 15 is 0 Å². The fourth-order valence-electron chi connectivity index (χ4n) is 2.83. The van der Waals surface area contributed by atoms with Gasteiger partial charge in [-0.2, -0.15) is 0 Å². The normalized spacial score (nSPS) is 22.0. The van der Waals surface area contributed by atoms with Crippen molar-refractivity contribution in [2.45, 2.75) is 17.9 Å². The molecule has 1 fully saturated rings. The van der Waals surface area contributed by atoms with Crippen molar-refractivity contribution in [2.24, 2.45) is 4.99 Å². The van der Waals surface area contributed by atoms with Crippen molar-refractivity contribution in [3.05, 3.63) is 29.8 Å². The van der Waals surface area contributed by atoms with E-state index in [1.165, 1.54) is 0 Å². The van der Waals surface area contributed by atoms with Crippen molar-refractivity contribution >= 4 is 33.3 Å². The largest absolute Gasteiger partial charge is 0.493 e. The Hall–Kier alpha value is -2.06. The number of hydrogen-bond acceptors (Lipinski definition) is 7. The van der Waals surface area contributed by atoms with Crippen LogP contribution in [0.15, 0.2) is 29.3 Å². The second-order valence-electron chi connectivity index (χ2n) is 5.50. The van der Waals surface area contributed by atoms with Crippen molar-refractivity contribution in [2.75, 3.05) is 27.4 Å². The van der Waals surface area contributed by atoms with Crippen LogP contribution in [0.5, 0.6) is 11.5 Å². The summed E-state index contributed by atoms with van der Waals surface area (Å²) in [6, 6.07) is 5.63. The van der Waals surface area contributed by atoms with E-state index in [0.717, 1.165) is 11.3 Å². The predicted octanol–water partition coefficient (Wildman–Crippen LogP) is 1.97. The number of carbonyl (C=O) groups is 1. The maximum absolute atomic E-state index is 12.2. The summed E-state index contributed by atoms with van der Waals surface area (Å²) in [5.74, 6) is 0.838. The first-order valence-electron chi connectivity index (χ1n) is 7.94. The number of ether oxygens (including phenoxy) is 3. The molecule has 2 aliphatic heterocycles. The van der Waals surface area contributed by atoms with Crippen LogP contribution in [0.3, 0.4) is 0 Å². The number of hydrogen-bond donors (Lipinski definition) is 1. The van der Waals surface area contributed by atoms with Gasteiger partial charge in [-0.15, -0.1) is 0 Å². The van der Waals surface area contributed by atoms with Gasteiger partial charge in [0.15, 0.2) is 11.5 Å². The Kier molecular flexibility index (Phi) is 5.29. The van der Waals surface area contributed by atoms with Crippen LogP contribution in [0.4, 0.5) is 0 Å². The van der Waals surface area contributed by atoms with Crippen LogP contribution >= 0.6 is 15.9 Å².